The van der Waals surface area contributed by atoms with E-state index in [2.05, 4.69) is 35.0 Å². The Labute approximate surface area is 287 Å². The Morgan fingerprint density at radius 3 is 1.18 bits per heavy atom. The van der Waals surface area contributed by atoms with Gasteiger partial charge in [0.25, 0.3) is 0 Å². The topological polar surface area (TPSA) is 52.6 Å². The van der Waals surface area contributed by atoms with Crippen molar-refractivity contribution in [3.05, 3.63) is 0 Å². The normalized spacial score (nSPS) is 12.1. The van der Waals surface area contributed by atoms with E-state index < -0.39 is 6.10 Å². The van der Waals surface area contributed by atoms with Crippen LogP contribution < -0.4 is 12.4 Å². The molecule has 0 aromatic carbocycles. The van der Waals surface area contributed by atoms with Gasteiger partial charge in [0.15, 0.2) is 6.10 Å². The first-order chi connectivity index (χ1) is 21.3. The van der Waals surface area contributed by atoms with E-state index >= 15 is 0 Å². The fourth-order valence-corrected chi connectivity index (χ4v) is 6.01. The molecule has 0 N–H and O–H groups in total. The smallest absolute Gasteiger partial charge is 0.309 e. The zero-order valence-corrected chi connectivity index (χ0v) is 31.7. The number of hydrogen-bond donors (Lipinski definition) is 0. The number of carbonyl (C=O) groups excluding carboxylic acids is 2. The van der Waals surface area contributed by atoms with Crippen LogP contribution in [0.1, 0.15) is 200 Å². The van der Waals surface area contributed by atoms with Crippen LogP contribution in [0.3, 0.4) is 0 Å². The molecule has 45 heavy (non-hydrogen) atoms. The molecule has 0 saturated heterocycles. The largest absolute Gasteiger partial charge is 1.00 e. The number of carbonyl (C=O) groups is 2. The number of rotatable bonds is 34. The summed E-state index contributed by atoms with van der Waals surface area (Å²) in [5.41, 5.74) is 0. The molecule has 0 aliphatic heterocycles. The lowest BCUT2D eigenvalue weighted by Crippen LogP contribution is -3.00. The third kappa shape index (κ3) is 37.5. The van der Waals surface area contributed by atoms with Crippen molar-refractivity contribution in [1.29, 1.82) is 0 Å². The molecule has 0 bridgehead atoms. The maximum absolute atomic E-state index is 12.5. The zero-order chi connectivity index (χ0) is 32.6. The lowest BCUT2D eigenvalue weighted by Gasteiger charge is -2.28. The van der Waals surface area contributed by atoms with Gasteiger partial charge in [-0.15, -0.1) is 0 Å². The molecule has 5 nitrogen and oxygen atoms in total. The minimum absolute atomic E-state index is 0. The number of halogens is 1. The van der Waals surface area contributed by atoms with Gasteiger partial charge >= 0.3 is 11.9 Å². The SMILES string of the molecule is CCCCCCCCCCCCCCCCOC(=O)CC(C[N+](C)(C)C)OC(=O)CCCCCCCCCCCCCCC.[Cl-]. The molecule has 1 unspecified atom stereocenters. The Balaban J connectivity index is 0. The molecule has 0 amide bonds. The first-order valence-corrected chi connectivity index (χ1v) is 19.4. The molecule has 0 fully saturated rings. The van der Waals surface area contributed by atoms with E-state index in [4.69, 9.17) is 9.47 Å². The molecule has 1 atom stereocenters. The average Bonchev–Trinajstić information content (AvgIpc) is 2.96. The highest BCUT2D eigenvalue weighted by Crippen LogP contribution is 2.15. The second kappa shape index (κ2) is 34.5. The fraction of sp³-hybridized carbons (Fsp3) is 0.949. The van der Waals surface area contributed by atoms with Gasteiger partial charge in [-0.3, -0.25) is 9.59 Å². The van der Waals surface area contributed by atoms with Gasteiger partial charge in [-0.1, -0.05) is 174 Å². The van der Waals surface area contributed by atoms with Crippen molar-refractivity contribution in [2.45, 2.75) is 206 Å². The Kier molecular flexibility index (Phi) is 35.5. The van der Waals surface area contributed by atoms with Gasteiger partial charge in [0.05, 0.1) is 34.2 Å². The number of unbranched alkanes of at least 4 members (excludes halogenated alkanes) is 25. The van der Waals surface area contributed by atoms with Crippen molar-refractivity contribution >= 4 is 11.9 Å². The molecule has 270 valence electrons. The summed E-state index contributed by atoms with van der Waals surface area (Å²) in [5, 5.41) is 0. The van der Waals surface area contributed by atoms with Crippen LogP contribution in [0, 0.1) is 0 Å². The van der Waals surface area contributed by atoms with Crippen molar-refractivity contribution < 1.29 is 36.0 Å². The summed E-state index contributed by atoms with van der Waals surface area (Å²) in [6.07, 6.45) is 35.3. The van der Waals surface area contributed by atoms with Gasteiger partial charge in [0.1, 0.15) is 6.54 Å². The van der Waals surface area contributed by atoms with Crippen LogP contribution in [-0.4, -0.2) is 56.8 Å². The molecule has 0 spiro atoms. The van der Waals surface area contributed by atoms with E-state index in [9.17, 15) is 9.59 Å². The number of hydrogen-bond acceptors (Lipinski definition) is 4. The van der Waals surface area contributed by atoms with Gasteiger partial charge in [-0.25, -0.2) is 0 Å². The van der Waals surface area contributed by atoms with Gasteiger partial charge in [0.2, 0.25) is 0 Å². The minimum Gasteiger partial charge on any atom is -1.00 e. The summed E-state index contributed by atoms with van der Waals surface area (Å²) in [7, 11) is 6.19. The summed E-state index contributed by atoms with van der Waals surface area (Å²) in [5.74, 6) is -0.418. The van der Waals surface area contributed by atoms with E-state index in [-0.39, 0.29) is 30.8 Å². The van der Waals surface area contributed by atoms with E-state index in [1.807, 2.05) is 0 Å². The first-order valence-electron chi connectivity index (χ1n) is 19.4. The van der Waals surface area contributed by atoms with Gasteiger partial charge in [-0.05, 0) is 12.8 Å². The van der Waals surface area contributed by atoms with Crippen LogP contribution >= 0.6 is 0 Å². The third-order valence-corrected chi connectivity index (χ3v) is 8.69. The summed E-state index contributed by atoms with van der Waals surface area (Å²) < 4.78 is 11.9. The predicted octanol–water partition coefficient (Wildman–Crippen LogP) is 8.50. The van der Waals surface area contributed by atoms with Crippen molar-refractivity contribution in [2.75, 3.05) is 34.3 Å². The van der Waals surface area contributed by atoms with E-state index in [0.29, 0.717) is 24.1 Å². The van der Waals surface area contributed by atoms with Crippen molar-refractivity contribution in [2.24, 2.45) is 0 Å². The molecule has 0 heterocycles. The molecule has 0 saturated carbocycles. The van der Waals surface area contributed by atoms with Crippen molar-refractivity contribution in [1.82, 2.24) is 0 Å². The lowest BCUT2D eigenvalue weighted by atomic mass is 10.0. The average molecular weight is 661 g/mol. The Morgan fingerprint density at radius 1 is 0.489 bits per heavy atom. The number of quaternary nitrogens is 1. The first kappa shape index (κ1) is 46.3. The lowest BCUT2D eigenvalue weighted by molar-refractivity contribution is -0.873. The summed E-state index contributed by atoms with van der Waals surface area (Å²) in [4.78, 5) is 25.1. The highest BCUT2D eigenvalue weighted by Gasteiger charge is 2.25. The molecule has 0 aliphatic carbocycles. The quantitative estimate of drug-likeness (QED) is 0.0395. The van der Waals surface area contributed by atoms with Crippen molar-refractivity contribution in [3.63, 3.8) is 0 Å². The van der Waals surface area contributed by atoms with Gasteiger partial charge in [-0.2, -0.15) is 0 Å². The second-order valence-electron chi connectivity index (χ2n) is 14.6. The highest BCUT2D eigenvalue weighted by atomic mass is 35.5. The Morgan fingerprint density at radius 2 is 0.822 bits per heavy atom. The maximum atomic E-state index is 12.5. The predicted molar refractivity (Wildman–Crippen MR) is 189 cm³/mol. The molecule has 0 aromatic heterocycles. The van der Waals surface area contributed by atoms with Gasteiger partial charge < -0.3 is 26.4 Å². The monoisotopic (exact) mass is 660 g/mol. The van der Waals surface area contributed by atoms with Crippen LogP contribution in [0.2, 0.25) is 0 Å². The zero-order valence-electron chi connectivity index (χ0n) is 31.0. The Bertz CT molecular complexity index is 637. The molecule has 0 aliphatic rings. The molecular weight excluding hydrogens is 582 g/mol. The standard InChI is InChI=1S/C39H78NO4.ClH/c1-6-8-10-12-14-16-18-20-22-24-26-28-30-32-34-43-39(42)35-37(36-40(3,4)5)44-38(41)33-31-29-27-25-23-21-19-17-15-13-11-9-7-2;/h37H,6-36H2,1-5H3;1H/q+1;/p-1. The fourth-order valence-electron chi connectivity index (χ4n) is 6.01. The maximum Gasteiger partial charge on any atom is 0.309 e. The second-order valence-corrected chi connectivity index (χ2v) is 14.6. The van der Waals surface area contributed by atoms with Crippen molar-refractivity contribution in [3.8, 4) is 0 Å². The highest BCUT2D eigenvalue weighted by molar-refractivity contribution is 5.72. The van der Waals surface area contributed by atoms with E-state index in [1.54, 1.807) is 0 Å². The molecule has 0 rings (SSSR count). The van der Waals surface area contributed by atoms with Crippen LogP contribution in [0.25, 0.3) is 0 Å². The van der Waals surface area contributed by atoms with Gasteiger partial charge in [0, 0.05) is 6.42 Å². The Hall–Kier alpha value is -0.810. The van der Waals surface area contributed by atoms with Crippen LogP contribution in [0.4, 0.5) is 0 Å². The van der Waals surface area contributed by atoms with Crippen LogP contribution in [0.15, 0.2) is 0 Å². The van der Waals surface area contributed by atoms with E-state index in [1.165, 1.54) is 148 Å². The number of esters is 2. The minimum atomic E-state index is -0.423. The van der Waals surface area contributed by atoms with Crippen LogP contribution in [0.5, 0.6) is 0 Å². The number of likely N-dealkylation sites (N-methyl/N-ethyl adjacent to an activating group) is 1. The summed E-state index contributed by atoms with van der Waals surface area (Å²) in [6, 6.07) is 0. The molecular formula is C39H78ClNO4. The van der Waals surface area contributed by atoms with Crippen LogP contribution in [-0.2, 0) is 19.1 Å². The third-order valence-electron chi connectivity index (χ3n) is 8.69. The molecule has 0 radical (unpaired) electrons. The summed E-state index contributed by atoms with van der Waals surface area (Å²) in [6.45, 7) is 5.63. The summed E-state index contributed by atoms with van der Waals surface area (Å²) >= 11 is 0. The van der Waals surface area contributed by atoms with E-state index in [0.717, 1.165) is 25.7 Å². The number of ether oxygens (including phenoxy) is 2. The number of nitrogens with zero attached hydrogens (tertiary/aromatic N) is 1. The molecule has 0 aromatic rings. The molecule has 6 heteroatoms.